The Bertz CT molecular complexity index is 301. The zero-order chi connectivity index (χ0) is 13.1. The van der Waals surface area contributed by atoms with Gasteiger partial charge >= 0.3 is 5.97 Å². The van der Waals surface area contributed by atoms with Crippen molar-refractivity contribution in [1.82, 2.24) is 0 Å². The van der Waals surface area contributed by atoms with E-state index >= 15 is 0 Å². The van der Waals surface area contributed by atoms with Gasteiger partial charge in [-0.2, -0.15) is 0 Å². The van der Waals surface area contributed by atoms with E-state index in [1.165, 1.54) is 7.11 Å². The molecule has 1 fully saturated rings. The lowest BCUT2D eigenvalue weighted by Crippen LogP contribution is -2.27. The highest BCUT2D eigenvalue weighted by atomic mass is 32.2. The van der Waals surface area contributed by atoms with Gasteiger partial charge in [0.25, 0.3) is 0 Å². The van der Waals surface area contributed by atoms with Crippen LogP contribution < -0.4 is 0 Å². The minimum absolute atomic E-state index is 0.0654. The quantitative estimate of drug-likeness (QED) is 0.705. The van der Waals surface area contributed by atoms with E-state index in [2.05, 4.69) is 4.74 Å². The summed E-state index contributed by atoms with van der Waals surface area (Å²) in [5.41, 5.74) is -0.0944. The highest BCUT2D eigenvalue weighted by Gasteiger charge is 2.32. The average Bonchev–Trinajstić information content (AvgIpc) is 2.56. The van der Waals surface area contributed by atoms with Crippen molar-refractivity contribution in [1.29, 1.82) is 0 Å². The number of rotatable bonds is 5. The fourth-order valence-corrected chi connectivity index (χ4v) is 3.50. The van der Waals surface area contributed by atoms with E-state index in [4.69, 9.17) is 4.74 Å². The van der Waals surface area contributed by atoms with E-state index in [0.717, 1.165) is 12.8 Å². The molecule has 0 amide bonds. The largest absolute Gasteiger partial charge is 0.469 e. The highest BCUT2D eigenvalue weighted by Crippen LogP contribution is 2.29. The Kier molecular flexibility index (Phi) is 5.13. The first-order chi connectivity index (χ1) is 7.84. The van der Waals surface area contributed by atoms with Crippen LogP contribution in [0.3, 0.4) is 0 Å². The van der Waals surface area contributed by atoms with Crippen LogP contribution in [0.25, 0.3) is 0 Å². The standard InChI is InChI=1S/C12H22O4S/c1-9(11(13)15-4)7-17(14)8-10-5-6-12(2,3)16-10/h9-10H,5-8H2,1-4H3. The SMILES string of the molecule is COC(=O)C(C)CS(=O)CC1CCC(C)(C)O1. The van der Waals surface area contributed by atoms with Gasteiger partial charge in [0.05, 0.1) is 24.7 Å². The highest BCUT2D eigenvalue weighted by molar-refractivity contribution is 7.85. The fourth-order valence-electron chi connectivity index (χ4n) is 2.02. The molecule has 0 spiro atoms. The molecule has 0 aliphatic carbocycles. The molecular formula is C12H22O4S. The van der Waals surface area contributed by atoms with Crippen molar-refractivity contribution in [3.8, 4) is 0 Å². The molecule has 0 saturated carbocycles. The second-order valence-corrected chi connectivity index (χ2v) is 6.78. The third kappa shape index (κ3) is 4.76. The van der Waals surface area contributed by atoms with E-state index in [-0.39, 0.29) is 23.6 Å². The van der Waals surface area contributed by atoms with Crippen LogP contribution in [0.4, 0.5) is 0 Å². The number of methoxy groups -OCH3 is 1. The molecular weight excluding hydrogens is 240 g/mol. The second-order valence-electron chi connectivity index (χ2n) is 5.24. The lowest BCUT2D eigenvalue weighted by atomic mass is 10.1. The third-order valence-corrected chi connectivity index (χ3v) is 4.58. The van der Waals surface area contributed by atoms with Crippen molar-refractivity contribution in [2.45, 2.75) is 45.3 Å². The molecule has 1 heterocycles. The van der Waals surface area contributed by atoms with Gasteiger partial charge in [-0.1, -0.05) is 6.92 Å². The van der Waals surface area contributed by atoms with Crippen LogP contribution >= 0.6 is 0 Å². The second kappa shape index (κ2) is 5.96. The van der Waals surface area contributed by atoms with Crippen molar-refractivity contribution in [2.75, 3.05) is 18.6 Å². The summed E-state index contributed by atoms with van der Waals surface area (Å²) >= 11 is 0. The Labute approximate surface area is 106 Å². The maximum absolute atomic E-state index is 11.9. The predicted molar refractivity (Wildman–Crippen MR) is 67.2 cm³/mol. The molecule has 4 nitrogen and oxygen atoms in total. The third-order valence-electron chi connectivity index (χ3n) is 2.97. The summed E-state index contributed by atoms with van der Waals surface area (Å²) < 4.78 is 22.3. The van der Waals surface area contributed by atoms with Crippen LogP contribution in [-0.4, -0.2) is 40.5 Å². The van der Waals surface area contributed by atoms with Crippen LogP contribution in [0, 0.1) is 5.92 Å². The summed E-state index contributed by atoms with van der Waals surface area (Å²) in [5.74, 6) is 0.263. The van der Waals surface area contributed by atoms with Crippen LogP contribution in [0.2, 0.25) is 0 Å². The van der Waals surface area contributed by atoms with Gasteiger partial charge in [-0.25, -0.2) is 0 Å². The van der Waals surface area contributed by atoms with Gasteiger partial charge < -0.3 is 9.47 Å². The molecule has 1 aliphatic heterocycles. The van der Waals surface area contributed by atoms with E-state index < -0.39 is 10.8 Å². The summed E-state index contributed by atoms with van der Waals surface area (Å²) in [6.45, 7) is 5.84. The molecule has 1 rings (SSSR count). The number of hydrogen-bond acceptors (Lipinski definition) is 4. The van der Waals surface area contributed by atoms with Crippen molar-refractivity contribution in [2.24, 2.45) is 5.92 Å². The molecule has 100 valence electrons. The Morgan fingerprint density at radius 3 is 2.71 bits per heavy atom. The first-order valence-electron chi connectivity index (χ1n) is 5.94. The van der Waals surface area contributed by atoms with Gasteiger partial charge in [0.2, 0.25) is 0 Å². The summed E-state index contributed by atoms with van der Waals surface area (Å²) in [5, 5.41) is 0. The smallest absolute Gasteiger partial charge is 0.309 e. The molecule has 0 aromatic heterocycles. The van der Waals surface area contributed by atoms with E-state index in [0.29, 0.717) is 11.5 Å². The van der Waals surface area contributed by atoms with Gasteiger partial charge in [-0.3, -0.25) is 9.00 Å². The summed E-state index contributed by atoms with van der Waals surface area (Å²) in [7, 11) is 0.330. The van der Waals surface area contributed by atoms with Gasteiger partial charge in [0, 0.05) is 22.3 Å². The summed E-state index contributed by atoms with van der Waals surface area (Å²) in [6, 6.07) is 0. The maximum atomic E-state index is 11.9. The predicted octanol–water partition coefficient (Wildman–Crippen LogP) is 1.50. The number of esters is 1. The van der Waals surface area contributed by atoms with Gasteiger partial charge in [0.1, 0.15) is 0 Å². The molecule has 0 radical (unpaired) electrons. The van der Waals surface area contributed by atoms with Crippen LogP contribution in [0.5, 0.6) is 0 Å². The Morgan fingerprint density at radius 2 is 2.24 bits per heavy atom. The molecule has 0 aromatic carbocycles. The lowest BCUT2D eigenvalue weighted by Gasteiger charge is -2.19. The normalized spacial score (nSPS) is 26.5. The Balaban J connectivity index is 2.33. The van der Waals surface area contributed by atoms with E-state index in [1.807, 2.05) is 13.8 Å². The lowest BCUT2D eigenvalue weighted by molar-refractivity contribution is -0.144. The van der Waals surface area contributed by atoms with Crippen molar-refractivity contribution in [3.05, 3.63) is 0 Å². The molecule has 0 bridgehead atoms. The zero-order valence-corrected chi connectivity index (χ0v) is 11.8. The van der Waals surface area contributed by atoms with E-state index in [9.17, 15) is 9.00 Å². The number of ether oxygens (including phenoxy) is 2. The van der Waals surface area contributed by atoms with Crippen LogP contribution in [0.15, 0.2) is 0 Å². The first-order valence-corrected chi connectivity index (χ1v) is 7.43. The minimum atomic E-state index is -1.02. The van der Waals surface area contributed by atoms with Crippen LogP contribution in [0.1, 0.15) is 33.6 Å². The van der Waals surface area contributed by atoms with Crippen molar-refractivity contribution in [3.63, 3.8) is 0 Å². The monoisotopic (exact) mass is 262 g/mol. The first kappa shape index (κ1) is 14.6. The number of hydrogen-bond donors (Lipinski definition) is 0. The number of carbonyl (C=O) groups is 1. The molecule has 3 unspecified atom stereocenters. The van der Waals surface area contributed by atoms with Gasteiger partial charge in [-0.05, 0) is 26.7 Å². The Hall–Kier alpha value is -0.420. The molecule has 1 aliphatic rings. The topological polar surface area (TPSA) is 52.6 Å². The van der Waals surface area contributed by atoms with Gasteiger partial charge in [0.15, 0.2) is 0 Å². The zero-order valence-electron chi connectivity index (χ0n) is 11.0. The fraction of sp³-hybridized carbons (Fsp3) is 0.917. The van der Waals surface area contributed by atoms with Crippen molar-refractivity contribution < 1.29 is 18.5 Å². The molecule has 17 heavy (non-hydrogen) atoms. The Morgan fingerprint density at radius 1 is 1.59 bits per heavy atom. The minimum Gasteiger partial charge on any atom is -0.469 e. The molecule has 5 heteroatoms. The van der Waals surface area contributed by atoms with Crippen molar-refractivity contribution >= 4 is 16.8 Å². The summed E-state index contributed by atoms with van der Waals surface area (Å²) in [4.78, 5) is 11.2. The van der Waals surface area contributed by atoms with Crippen LogP contribution in [-0.2, 0) is 25.1 Å². The van der Waals surface area contributed by atoms with E-state index in [1.54, 1.807) is 6.92 Å². The average molecular weight is 262 g/mol. The molecule has 1 saturated heterocycles. The maximum Gasteiger partial charge on any atom is 0.309 e. The molecule has 3 atom stereocenters. The summed E-state index contributed by atoms with van der Waals surface area (Å²) in [6.07, 6.45) is 2.02. The molecule has 0 N–H and O–H groups in total. The molecule has 0 aromatic rings. The van der Waals surface area contributed by atoms with Gasteiger partial charge in [-0.15, -0.1) is 0 Å². The number of carbonyl (C=O) groups excluding carboxylic acids is 1.